The first-order chi connectivity index (χ1) is 11.3. The van der Waals surface area contributed by atoms with Crippen LogP contribution in [0.5, 0.6) is 0 Å². The van der Waals surface area contributed by atoms with Crippen LogP contribution < -0.4 is 5.32 Å². The molecule has 24 heavy (non-hydrogen) atoms. The number of nitrogens with zero attached hydrogens (tertiary/aromatic N) is 1. The minimum atomic E-state index is 0. The third kappa shape index (κ3) is 6.42. The number of nitrogens with one attached hydrogen (secondary N) is 1. The second kappa shape index (κ2) is 10.0. The van der Waals surface area contributed by atoms with E-state index in [1.165, 1.54) is 18.4 Å². The number of benzene rings is 1. The summed E-state index contributed by atoms with van der Waals surface area (Å²) >= 11 is 0. The third-order valence-corrected chi connectivity index (χ3v) is 4.71. The van der Waals surface area contributed by atoms with Gasteiger partial charge in [0.25, 0.3) is 0 Å². The lowest BCUT2D eigenvalue weighted by atomic mass is 10.1. The zero-order chi connectivity index (χ0) is 15.9. The van der Waals surface area contributed by atoms with E-state index in [0.29, 0.717) is 6.54 Å². The van der Waals surface area contributed by atoms with E-state index in [4.69, 9.17) is 4.74 Å². The molecule has 3 rings (SSSR count). The number of ether oxygens (including phenoxy) is 1. The highest BCUT2D eigenvalue weighted by Gasteiger charge is 2.27. The lowest BCUT2D eigenvalue weighted by Gasteiger charge is -2.17. The van der Waals surface area contributed by atoms with Crippen molar-refractivity contribution in [2.45, 2.75) is 38.2 Å². The van der Waals surface area contributed by atoms with Gasteiger partial charge in [-0.2, -0.15) is 0 Å². The van der Waals surface area contributed by atoms with Gasteiger partial charge in [-0.3, -0.25) is 4.79 Å². The van der Waals surface area contributed by atoms with Gasteiger partial charge >= 0.3 is 0 Å². The molecule has 2 aliphatic rings. The largest absolute Gasteiger partial charge is 0.376 e. The molecule has 1 saturated heterocycles. The van der Waals surface area contributed by atoms with Gasteiger partial charge in [0, 0.05) is 19.7 Å². The number of halogens is 1. The maximum atomic E-state index is 12.1. The van der Waals surface area contributed by atoms with E-state index in [1.807, 2.05) is 11.0 Å². The first-order valence-electron chi connectivity index (χ1n) is 8.95. The molecular formula is C19H29ClN2O2. The summed E-state index contributed by atoms with van der Waals surface area (Å²) in [6.45, 7) is 3.86. The summed E-state index contributed by atoms with van der Waals surface area (Å²) in [7, 11) is 0. The van der Waals surface area contributed by atoms with E-state index in [9.17, 15) is 4.79 Å². The highest BCUT2D eigenvalue weighted by atomic mass is 35.5. The molecule has 1 aromatic carbocycles. The summed E-state index contributed by atoms with van der Waals surface area (Å²) in [6, 6.07) is 10.5. The number of amides is 1. The predicted molar refractivity (Wildman–Crippen MR) is 98.5 cm³/mol. The minimum absolute atomic E-state index is 0. The molecule has 0 bridgehead atoms. The molecule has 1 amide bonds. The number of rotatable bonds is 9. The fourth-order valence-electron chi connectivity index (χ4n) is 3.08. The SMILES string of the molecule is Cl.O=C(CNCC1CC1)N1CCC(OCCCc2ccccc2)C1. The van der Waals surface area contributed by atoms with E-state index in [1.54, 1.807) is 0 Å². The van der Waals surface area contributed by atoms with Crippen LogP contribution in [0.15, 0.2) is 30.3 Å². The molecule has 0 radical (unpaired) electrons. The molecule has 1 heterocycles. The monoisotopic (exact) mass is 352 g/mol. The van der Waals surface area contributed by atoms with Gasteiger partial charge in [0.1, 0.15) is 0 Å². The minimum Gasteiger partial charge on any atom is -0.376 e. The van der Waals surface area contributed by atoms with E-state index in [2.05, 4.69) is 29.6 Å². The van der Waals surface area contributed by atoms with Gasteiger partial charge in [-0.05, 0) is 50.1 Å². The molecule has 1 aliphatic heterocycles. The van der Waals surface area contributed by atoms with Crippen LogP contribution >= 0.6 is 12.4 Å². The van der Waals surface area contributed by atoms with E-state index < -0.39 is 0 Å². The second-order valence-corrected chi connectivity index (χ2v) is 6.78. The Morgan fingerprint density at radius 2 is 2.00 bits per heavy atom. The standard InChI is InChI=1S/C19H28N2O2.ClH/c22-19(14-20-13-17-8-9-17)21-11-10-18(15-21)23-12-4-7-16-5-2-1-3-6-16;/h1-3,5-6,17-18,20H,4,7-15H2;1H. The van der Waals surface area contributed by atoms with Gasteiger partial charge in [0.05, 0.1) is 12.6 Å². The summed E-state index contributed by atoms with van der Waals surface area (Å²) in [4.78, 5) is 14.1. The molecule has 1 unspecified atom stereocenters. The molecule has 1 aromatic rings. The van der Waals surface area contributed by atoms with Crippen LogP contribution in [-0.2, 0) is 16.0 Å². The van der Waals surface area contributed by atoms with Crippen molar-refractivity contribution in [3.63, 3.8) is 0 Å². The summed E-state index contributed by atoms with van der Waals surface area (Å²) in [5, 5.41) is 3.28. The van der Waals surface area contributed by atoms with Crippen molar-refractivity contribution >= 4 is 18.3 Å². The van der Waals surface area contributed by atoms with Crippen molar-refractivity contribution in [1.82, 2.24) is 10.2 Å². The molecule has 1 aliphatic carbocycles. The number of likely N-dealkylation sites (tertiary alicyclic amines) is 1. The fourth-order valence-corrected chi connectivity index (χ4v) is 3.08. The number of carbonyl (C=O) groups is 1. The van der Waals surface area contributed by atoms with Gasteiger partial charge in [-0.1, -0.05) is 30.3 Å². The normalized spacial score (nSPS) is 20.0. The average molecular weight is 353 g/mol. The van der Waals surface area contributed by atoms with Crippen LogP contribution in [0, 0.1) is 5.92 Å². The molecule has 1 saturated carbocycles. The van der Waals surface area contributed by atoms with Crippen LogP contribution in [0.25, 0.3) is 0 Å². The summed E-state index contributed by atoms with van der Waals surface area (Å²) < 4.78 is 5.94. The number of aryl methyl sites for hydroxylation is 1. The fraction of sp³-hybridized carbons (Fsp3) is 0.632. The maximum absolute atomic E-state index is 12.1. The van der Waals surface area contributed by atoms with Crippen molar-refractivity contribution in [2.75, 3.05) is 32.8 Å². The molecule has 2 fully saturated rings. The number of hydrogen-bond acceptors (Lipinski definition) is 3. The Labute approximate surface area is 151 Å². The average Bonchev–Trinajstić information content (AvgIpc) is 3.28. The van der Waals surface area contributed by atoms with Gasteiger partial charge < -0.3 is 15.0 Å². The number of carbonyl (C=O) groups excluding carboxylic acids is 1. The van der Waals surface area contributed by atoms with Crippen molar-refractivity contribution < 1.29 is 9.53 Å². The quantitative estimate of drug-likeness (QED) is 0.695. The van der Waals surface area contributed by atoms with E-state index in [-0.39, 0.29) is 24.4 Å². The molecule has 4 nitrogen and oxygen atoms in total. The topological polar surface area (TPSA) is 41.6 Å². The molecule has 0 aromatic heterocycles. The van der Waals surface area contributed by atoms with Gasteiger partial charge in [0.15, 0.2) is 0 Å². The molecule has 1 atom stereocenters. The van der Waals surface area contributed by atoms with Crippen LogP contribution in [0.3, 0.4) is 0 Å². The Morgan fingerprint density at radius 1 is 1.21 bits per heavy atom. The smallest absolute Gasteiger partial charge is 0.236 e. The van der Waals surface area contributed by atoms with E-state index in [0.717, 1.165) is 51.4 Å². The molecule has 5 heteroatoms. The van der Waals surface area contributed by atoms with Crippen molar-refractivity contribution in [2.24, 2.45) is 5.92 Å². The Kier molecular flexibility index (Phi) is 8.03. The Morgan fingerprint density at radius 3 is 2.75 bits per heavy atom. The Hall–Kier alpha value is -1.10. The molecule has 1 N–H and O–H groups in total. The Bertz CT molecular complexity index is 493. The van der Waals surface area contributed by atoms with Crippen LogP contribution in [0.2, 0.25) is 0 Å². The predicted octanol–water partition coefficient (Wildman–Crippen LogP) is 2.66. The molecular weight excluding hydrogens is 324 g/mol. The van der Waals surface area contributed by atoms with Gasteiger partial charge in [-0.15, -0.1) is 12.4 Å². The number of hydrogen-bond donors (Lipinski definition) is 1. The highest BCUT2D eigenvalue weighted by molar-refractivity contribution is 5.85. The maximum Gasteiger partial charge on any atom is 0.236 e. The zero-order valence-electron chi connectivity index (χ0n) is 14.3. The van der Waals surface area contributed by atoms with Crippen LogP contribution in [0.1, 0.15) is 31.2 Å². The second-order valence-electron chi connectivity index (χ2n) is 6.78. The highest BCUT2D eigenvalue weighted by Crippen LogP contribution is 2.27. The van der Waals surface area contributed by atoms with Crippen molar-refractivity contribution in [3.8, 4) is 0 Å². The summed E-state index contributed by atoms with van der Waals surface area (Å²) in [6.07, 6.45) is 5.93. The lowest BCUT2D eigenvalue weighted by Crippen LogP contribution is -2.38. The van der Waals surface area contributed by atoms with Crippen molar-refractivity contribution in [1.29, 1.82) is 0 Å². The summed E-state index contributed by atoms with van der Waals surface area (Å²) in [5.41, 5.74) is 1.36. The van der Waals surface area contributed by atoms with Crippen LogP contribution in [-0.4, -0.2) is 49.7 Å². The first kappa shape index (κ1) is 19.2. The Balaban J connectivity index is 0.00000208. The van der Waals surface area contributed by atoms with E-state index >= 15 is 0 Å². The van der Waals surface area contributed by atoms with Gasteiger partial charge in [0.2, 0.25) is 5.91 Å². The third-order valence-electron chi connectivity index (χ3n) is 4.71. The van der Waals surface area contributed by atoms with Crippen molar-refractivity contribution in [3.05, 3.63) is 35.9 Å². The molecule has 134 valence electrons. The summed E-state index contributed by atoms with van der Waals surface area (Å²) in [5.74, 6) is 1.04. The molecule has 0 spiro atoms. The van der Waals surface area contributed by atoms with Crippen LogP contribution in [0.4, 0.5) is 0 Å². The first-order valence-corrected chi connectivity index (χ1v) is 8.95. The zero-order valence-corrected chi connectivity index (χ0v) is 15.1. The van der Waals surface area contributed by atoms with Gasteiger partial charge in [-0.25, -0.2) is 0 Å². The lowest BCUT2D eigenvalue weighted by molar-refractivity contribution is -0.129.